The number of carbonyl (C=O) groups is 2. The third kappa shape index (κ3) is 6.01. The monoisotopic (exact) mass is 527 g/mol. The van der Waals surface area contributed by atoms with Gasteiger partial charge in [-0.25, -0.2) is 0 Å². The zero-order valence-electron chi connectivity index (χ0n) is 22.1. The minimum atomic E-state index is -0.0588. The van der Waals surface area contributed by atoms with Crippen LogP contribution in [0.4, 0.5) is 11.4 Å². The zero-order chi connectivity index (χ0) is 26.6. The number of halogens is 1. The Kier molecular flexibility index (Phi) is 7.96. The molecule has 0 aromatic heterocycles. The molecular weight excluding hydrogens is 494 g/mol. The first-order valence-corrected chi connectivity index (χ1v) is 13.7. The number of likely N-dealkylation sites (tertiary alicyclic amines) is 1. The molecule has 3 aromatic rings. The summed E-state index contributed by atoms with van der Waals surface area (Å²) < 4.78 is 0. The number of nitrogens with zero attached hydrogens (tertiary/aromatic N) is 3. The van der Waals surface area contributed by atoms with Gasteiger partial charge in [0.05, 0.1) is 0 Å². The van der Waals surface area contributed by atoms with Crippen LogP contribution in [0.3, 0.4) is 0 Å². The first-order chi connectivity index (χ1) is 18.4. The quantitative estimate of drug-likeness (QED) is 0.355. The highest BCUT2D eigenvalue weighted by Gasteiger charge is 2.30. The van der Waals surface area contributed by atoms with Crippen LogP contribution < -0.4 is 9.80 Å². The van der Waals surface area contributed by atoms with Gasteiger partial charge in [0.1, 0.15) is 0 Å². The van der Waals surface area contributed by atoms with Gasteiger partial charge in [0, 0.05) is 61.6 Å². The lowest BCUT2D eigenvalue weighted by Gasteiger charge is -2.38. The highest BCUT2D eigenvalue weighted by molar-refractivity contribution is 6.30. The molecule has 38 heavy (non-hydrogen) atoms. The van der Waals surface area contributed by atoms with E-state index in [1.165, 1.54) is 5.56 Å². The van der Waals surface area contributed by atoms with Crippen molar-refractivity contribution in [3.8, 4) is 0 Å². The van der Waals surface area contributed by atoms with Gasteiger partial charge in [-0.1, -0.05) is 54.1 Å². The van der Waals surface area contributed by atoms with Gasteiger partial charge in [-0.15, -0.1) is 0 Å². The van der Waals surface area contributed by atoms with Crippen LogP contribution in [-0.2, 0) is 22.6 Å². The van der Waals surface area contributed by atoms with Crippen molar-refractivity contribution in [1.29, 1.82) is 0 Å². The van der Waals surface area contributed by atoms with Gasteiger partial charge in [0.15, 0.2) is 0 Å². The number of aryl methyl sites for hydroxylation is 1. The molecule has 2 heterocycles. The van der Waals surface area contributed by atoms with Crippen LogP contribution in [-0.4, -0.2) is 42.4 Å². The molecule has 5 nitrogen and oxygen atoms in total. The van der Waals surface area contributed by atoms with Crippen molar-refractivity contribution in [1.82, 2.24) is 4.90 Å². The smallest absolute Gasteiger partial charge is 0.251 e. The van der Waals surface area contributed by atoms with Crippen LogP contribution in [0.5, 0.6) is 0 Å². The third-order valence-electron chi connectivity index (χ3n) is 7.51. The third-order valence-corrected chi connectivity index (χ3v) is 7.73. The number of carbonyl (C=O) groups excluding carboxylic acids is 2. The summed E-state index contributed by atoms with van der Waals surface area (Å²) in [5, 5.41) is 0.655. The molecule has 2 aliphatic rings. The predicted octanol–water partition coefficient (Wildman–Crippen LogP) is 6.27. The molecule has 5 rings (SSSR count). The SMILES string of the molecule is CC(=O)N1CCc2ccc(N(C(=O)/C=C/c3cc(C)cc(Cl)c3)C3CCN(Cc4ccccc4)CC3)cc21. The minimum Gasteiger partial charge on any atom is -0.312 e. The van der Waals surface area contributed by atoms with Gasteiger partial charge in [-0.2, -0.15) is 0 Å². The van der Waals surface area contributed by atoms with Gasteiger partial charge in [-0.3, -0.25) is 14.5 Å². The van der Waals surface area contributed by atoms with E-state index in [2.05, 4.69) is 35.2 Å². The molecule has 1 fully saturated rings. The number of fused-ring (bicyclic) bond motifs is 1. The average molecular weight is 528 g/mol. The van der Waals surface area contributed by atoms with Gasteiger partial charge < -0.3 is 9.80 Å². The Morgan fingerprint density at radius 1 is 1.00 bits per heavy atom. The van der Waals surface area contributed by atoms with Crippen molar-refractivity contribution < 1.29 is 9.59 Å². The highest BCUT2D eigenvalue weighted by Crippen LogP contribution is 2.34. The van der Waals surface area contributed by atoms with E-state index in [0.717, 1.165) is 67.0 Å². The van der Waals surface area contributed by atoms with E-state index in [4.69, 9.17) is 11.6 Å². The lowest BCUT2D eigenvalue weighted by molar-refractivity contribution is -0.116. The van der Waals surface area contributed by atoms with Crippen LogP contribution in [0.25, 0.3) is 6.08 Å². The summed E-state index contributed by atoms with van der Waals surface area (Å²) in [6.45, 7) is 7.04. The zero-order valence-corrected chi connectivity index (χ0v) is 22.8. The molecule has 0 aliphatic carbocycles. The summed E-state index contributed by atoms with van der Waals surface area (Å²) in [7, 11) is 0. The van der Waals surface area contributed by atoms with Crippen LogP contribution >= 0.6 is 11.6 Å². The first-order valence-electron chi connectivity index (χ1n) is 13.3. The number of benzene rings is 3. The topological polar surface area (TPSA) is 43.9 Å². The molecule has 1 saturated heterocycles. The number of piperidine rings is 1. The van der Waals surface area contributed by atoms with Crippen molar-refractivity contribution in [2.24, 2.45) is 0 Å². The molecule has 0 spiro atoms. The second kappa shape index (κ2) is 11.5. The summed E-state index contributed by atoms with van der Waals surface area (Å²) >= 11 is 6.24. The normalized spacial score (nSPS) is 16.1. The van der Waals surface area contributed by atoms with E-state index in [1.54, 1.807) is 13.0 Å². The van der Waals surface area contributed by atoms with E-state index in [-0.39, 0.29) is 17.9 Å². The molecule has 0 atom stereocenters. The summed E-state index contributed by atoms with van der Waals surface area (Å²) in [6.07, 6.45) is 6.10. The number of anilines is 2. The molecule has 0 unspecified atom stereocenters. The fraction of sp³-hybridized carbons (Fsp3) is 0.312. The van der Waals surface area contributed by atoms with Gasteiger partial charge in [0.25, 0.3) is 5.91 Å². The predicted molar refractivity (Wildman–Crippen MR) is 156 cm³/mol. The molecule has 2 aliphatic heterocycles. The summed E-state index contributed by atoms with van der Waals surface area (Å²) in [6, 6.07) is 22.5. The lowest BCUT2D eigenvalue weighted by Crippen LogP contribution is -2.47. The van der Waals surface area contributed by atoms with Crippen LogP contribution in [0.15, 0.2) is 72.8 Å². The molecule has 0 saturated carbocycles. The van der Waals surface area contributed by atoms with Crippen molar-refractivity contribution in [3.05, 3.63) is 100 Å². The van der Waals surface area contributed by atoms with Gasteiger partial charge in [0.2, 0.25) is 5.91 Å². The number of rotatable bonds is 6. The van der Waals surface area contributed by atoms with Crippen LogP contribution in [0.1, 0.15) is 42.0 Å². The van der Waals surface area contributed by atoms with E-state index in [9.17, 15) is 9.59 Å². The molecule has 2 amide bonds. The van der Waals surface area contributed by atoms with Crippen molar-refractivity contribution in [3.63, 3.8) is 0 Å². The lowest BCUT2D eigenvalue weighted by atomic mass is 10.0. The Hall–Kier alpha value is -3.41. The average Bonchev–Trinajstić information content (AvgIpc) is 3.33. The Balaban J connectivity index is 1.40. The second-order valence-corrected chi connectivity index (χ2v) is 10.8. The standard InChI is InChI=1S/C32H34ClN3O2/c1-23-18-26(20-28(33)19-23)8-11-32(38)36(30-10-9-27-12-17-35(24(2)37)31(27)21-30)29-13-15-34(16-14-29)22-25-6-4-3-5-7-25/h3-11,18-21,29H,12-17,22H2,1-2H3/b11-8+. The molecule has 0 bridgehead atoms. The van der Waals surface area contributed by atoms with Crippen LogP contribution in [0.2, 0.25) is 5.02 Å². The number of hydrogen-bond donors (Lipinski definition) is 0. The van der Waals surface area contributed by atoms with E-state index < -0.39 is 0 Å². The van der Waals surface area contributed by atoms with Crippen molar-refractivity contribution >= 4 is 40.9 Å². The van der Waals surface area contributed by atoms with Gasteiger partial charge in [-0.05, 0) is 78.8 Å². The van der Waals surface area contributed by atoms with E-state index in [0.29, 0.717) is 11.6 Å². The Labute approximate surface area is 230 Å². The maximum Gasteiger partial charge on any atom is 0.251 e. The van der Waals surface area contributed by atoms with Crippen molar-refractivity contribution in [2.45, 2.75) is 45.7 Å². The minimum absolute atomic E-state index is 0.0317. The molecule has 196 valence electrons. The molecule has 0 radical (unpaired) electrons. The Morgan fingerprint density at radius 2 is 1.76 bits per heavy atom. The Morgan fingerprint density at radius 3 is 2.47 bits per heavy atom. The second-order valence-electron chi connectivity index (χ2n) is 10.3. The molecule has 0 N–H and O–H groups in total. The maximum atomic E-state index is 13.8. The van der Waals surface area contributed by atoms with E-state index in [1.807, 2.05) is 59.2 Å². The summed E-state index contributed by atoms with van der Waals surface area (Å²) in [5.41, 5.74) is 6.17. The van der Waals surface area contributed by atoms with E-state index >= 15 is 0 Å². The highest BCUT2D eigenvalue weighted by atomic mass is 35.5. The molecule has 6 heteroatoms. The number of amides is 2. The van der Waals surface area contributed by atoms with Gasteiger partial charge >= 0.3 is 0 Å². The fourth-order valence-corrected chi connectivity index (χ4v) is 5.95. The fourth-order valence-electron chi connectivity index (χ4n) is 5.65. The first kappa shape index (κ1) is 26.2. The van der Waals surface area contributed by atoms with Crippen LogP contribution in [0, 0.1) is 6.92 Å². The number of hydrogen-bond acceptors (Lipinski definition) is 3. The van der Waals surface area contributed by atoms with Crippen molar-refractivity contribution in [2.75, 3.05) is 29.4 Å². The molecule has 3 aromatic carbocycles. The summed E-state index contributed by atoms with van der Waals surface area (Å²) in [4.78, 5) is 32.2. The Bertz CT molecular complexity index is 1330. The largest absolute Gasteiger partial charge is 0.312 e. The maximum absolute atomic E-state index is 13.8. The summed E-state index contributed by atoms with van der Waals surface area (Å²) in [5.74, 6) is -0.0271. The molecular formula is C32H34ClN3O2.